The minimum Gasteiger partial charge on any atom is -0.206 e. The number of benzene rings is 4. The average Bonchev–Trinajstić information content (AvgIpc) is 2.87. The minimum atomic E-state index is -4.73. The van der Waals surface area contributed by atoms with Gasteiger partial charge in [0.25, 0.3) is 0 Å². The number of fused-ring (bicyclic) bond motifs is 1. The van der Waals surface area contributed by atoms with E-state index in [1.54, 1.807) is 12.1 Å². The van der Waals surface area contributed by atoms with Gasteiger partial charge in [0.2, 0.25) is 0 Å². The summed E-state index contributed by atoms with van der Waals surface area (Å²) in [7, 11) is 0. The molecule has 0 spiro atoms. The Hall–Kier alpha value is -3.47. The second-order valence-electron chi connectivity index (χ2n) is 9.33. The van der Waals surface area contributed by atoms with Crippen molar-refractivity contribution in [1.29, 1.82) is 0 Å². The molecule has 0 amide bonds. The summed E-state index contributed by atoms with van der Waals surface area (Å²) in [6.07, 6.45) is 3.81. The van der Waals surface area contributed by atoms with E-state index in [1.807, 2.05) is 25.1 Å². The Labute approximate surface area is 214 Å². The molecule has 0 fully saturated rings. The van der Waals surface area contributed by atoms with Crippen LogP contribution in [0.2, 0.25) is 0 Å². The summed E-state index contributed by atoms with van der Waals surface area (Å²) in [5.41, 5.74) is 3.26. The van der Waals surface area contributed by atoms with Gasteiger partial charge in [-0.15, -0.1) is 0 Å². The van der Waals surface area contributed by atoms with Crippen molar-refractivity contribution in [2.24, 2.45) is 0 Å². The lowest BCUT2D eigenvalue weighted by molar-refractivity contribution is -0.140. The Morgan fingerprint density at radius 1 is 0.649 bits per heavy atom. The predicted molar refractivity (Wildman–Crippen MR) is 140 cm³/mol. The normalized spacial score (nSPS) is 12.1. The van der Waals surface area contributed by atoms with Crippen LogP contribution in [0.15, 0.2) is 84.9 Å². The van der Waals surface area contributed by atoms with Gasteiger partial charge in [0.1, 0.15) is 11.6 Å². The fourth-order valence-electron chi connectivity index (χ4n) is 4.54. The molecule has 0 aliphatic rings. The van der Waals surface area contributed by atoms with E-state index in [0.29, 0.717) is 16.5 Å². The van der Waals surface area contributed by atoms with E-state index in [1.165, 1.54) is 17.2 Å². The second-order valence-corrected chi connectivity index (χ2v) is 9.33. The molecule has 0 N–H and O–H groups in total. The Balaban J connectivity index is 1.39. The van der Waals surface area contributed by atoms with Crippen molar-refractivity contribution in [3.63, 3.8) is 0 Å². The lowest BCUT2D eigenvalue weighted by Crippen LogP contribution is -2.08. The number of halogens is 5. The SMILES string of the molecule is C/C=C/CCc1ccc(CCc2ccc3c(F)c(CCc4ccc(C(F)(F)F)c(F)c4)ccc3c2)cc1. The van der Waals surface area contributed by atoms with E-state index in [4.69, 9.17) is 0 Å². The zero-order valence-electron chi connectivity index (χ0n) is 20.7. The van der Waals surface area contributed by atoms with Crippen LogP contribution < -0.4 is 0 Å². The fraction of sp³-hybridized carbons (Fsp3) is 0.250. The van der Waals surface area contributed by atoms with Crippen molar-refractivity contribution < 1.29 is 22.0 Å². The Morgan fingerprint density at radius 3 is 1.92 bits per heavy atom. The molecule has 4 rings (SSSR count). The van der Waals surface area contributed by atoms with Gasteiger partial charge in [0.05, 0.1) is 5.56 Å². The third-order valence-corrected chi connectivity index (χ3v) is 6.68. The molecule has 0 aliphatic heterocycles. The Kier molecular flexibility index (Phi) is 8.42. The highest BCUT2D eigenvalue weighted by Crippen LogP contribution is 2.32. The van der Waals surface area contributed by atoms with Crippen molar-refractivity contribution in [1.82, 2.24) is 0 Å². The van der Waals surface area contributed by atoms with E-state index in [0.717, 1.165) is 48.8 Å². The highest BCUT2D eigenvalue weighted by molar-refractivity contribution is 5.84. The second kappa shape index (κ2) is 11.7. The van der Waals surface area contributed by atoms with Crippen molar-refractivity contribution >= 4 is 10.8 Å². The van der Waals surface area contributed by atoms with Crippen LogP contribution in [0.1, 0.15) is 46.7 Å². The number of hydrogen-bond donors (Lipinski definition) is 0. The van der Waals surface area contributed by atoms with Crippen LogP contribution in [-0.4, -0.2) is 0 Å². The monoisotopic (exact) mass is 508 g/mol. The van der Waals surface area contributed by atoms with E-state index >= 15 is 4.39 Å². The summed E-state index contributed by atoms with van der Waals surface area (Å²) >= 11 is 0. The van der Waals surface area contributed by atoms with E-state index in [-0.39, 0.29) is 18.7 Å². The third kappa shape index (κ3) is 6.85. The van der Waals surface area contributed by atoms with E-state index in [9.17, 15) is 17.6 Å². The first-order valence-corrected chi connectivity index (χ1v) is 12.5. The zero-order valence-corrected chi connectivity index (χ0v) is 20.7. The van der Waals surface area contributed by atoms with E-state index in [2.05, 4.69) is 36.4 Å². The van der Waals surface area contributed by atoms with Crippen LogP contribution in [-0.2, 0) is 38.3 Å². The molecular weight excluding hydrogens is 479 g/mol. The lowest BCUT2D eigenvalue weighted by Gasteiger charge is -2.11. The topological polar surface area (TPSA) is 0 Å². The summed E-state index contributed by atoms with van der Waals surface area (Å²) in [5.74, 6) is -1.65. The molecule has 0 aromatic heterocycles. The van der Waals surface area contributed by atoms with Gasteiger partial charge < -0.3 is 0 Å². The first-order valence-electron chi connectivity index (χ1n) is 12.5. The van der Waals surface area contributed by atoms with E-state index < -0.39 is 17.6 Å². The summed E-state index contributed by atoms with van der Waals surface area (Å²) < 4.78 is 67.3. The van der Waals surface area contributed by atoms with Gasteiger partial charge in [0.15, 0.2) is 0 Å². The van der Waals surface area contributed by atoms with Crippen LogP contribution >= 0.6 is 0 Å². The maximum absolute atomic E-state index is 15.2. The molecule has 5 heteroatoms. The third-order valence-electron chi connectivity index (χ3n) is 6.68. The highest BCUT2D eigenvalue weighted by atomic mass is 19.4. The van der Waals surface area contributed by atoms with Gasteiger partial charge >= 0.3 is 6.18 Å². The standard InChI is InChI=1S/C32H29F5/c1-2-3-4-5-22-6-8-23(9-7-22)10-11-24-13-18-28-27(20-24)17-16-26(31(28)34)15-12-25-14-19-29(30(33)21-25)32(35,36)37/h2-3,6-9,13-14,16-21H,4-5,10-12,15H2,1H3/b3-2+. The molecule has 0 aliphatic carbocycles. The van der Waals surface area contributed by atoms with Gasteiger partial charge in [-0.05, 0) is 90.8 Å². The number of aryl methyl sites for hydroxylation is 5. The summed E-state index contributed by atoms with van der Waals surface area (Å²) in [5, 5.41) is 1.31. The quantitative estimate of drug-likeness (QED) is 0.156. The molecule has 4 aromatic carbocycles. The Bertz CT molecular complexity index is 1380. The van der Waals surface area contributed by atoms with Crippen LogP contribution in [0.25, 0.3) is 10.8 Å². The molecule has 37 heavy (non-hydrogen) atoms. The summed E-state index contributed by atoms with van der Waals surface area (Å²) in [6, 6.07) is 20.8. The van der Waals surface area contributed by atoms with Crippen LogP contribution in [0.4, 0.5) is 22.0 Å². The fourth-order valence-corrected chi connectivity index (χ4v) is 4.54. The number of allylic oxidation sites excluding steroid dienone is 2. The molecular formula is C32H29F5. The number of rotatable bonds is 9. The lowest BCUT2D eigenvalue weighted by atomic mass is 9.97. The van der Waals surface area contributed by atoms with Crippen LogP contribution in [0, 0.1) is 11.6 Å². The van der Waals surface area contributed by atoms with Gasteiger partial charge in [-0.3, -0.25) is 0 Å². The van der Waals surface area contributed by atoms with Crippen molar-refractivity contribution in [2.45, 2.75) is 51.6 Å². The van der Waals surface area contributed by atoms with Crippen molar-refractivity contribution in [3.05, 3.63) is 130 Å². The van der Waals surface area contributed by atoms with Gasteiger partial charge in [-0.25, -0.2) is 8.78 Å². The molecule has 0 atom stereocenters. The Morgan fingerprint density at radius 2 is 1.24 bits per heavy atom. The van der Waals surface area contributed by atoms with Gasteiger partial charge in [0, 0.05) is 5.39 Å². The van der Waals surface area contributed by atoms with Crippen molar-refractivity contribution in [3.8, 4) is 0 Å². The maximum atomic E-state index is 15.2. The predicted octanol–water partition coefficient (Wildman–Crippen LogP) is 9.22. The molecule has 0 unspecified atom stereocenters. The molecule has 0 bridgehead atoms. The largest absolute Gasteiger partial charge is 0.419 e. The highest BCUT2D eigenvalue weighted by Gasteiger charge is 2.33. The maximum Gasteiger partial charge on any atom is 0.419 e. The summed E-state index contributed by atoms with van der Waals surface area (Å²) in [4.78, 5) is 0. The minimum absolute atomic E-state index is 0.240. The molecule has 4 aromatic rings. The smallest absolute Gasteiger partial charge is 0.206 e. The molecule has 0 saturated heterocycles. The molecule has 0 heterocycles. The molecule has 0 radical (unpaired) electrons. The molecule has 0 saturated carbocycles. The first kappa shape index (κ1) is 26.6. The van der Waals surface area contributed by atoms with Gasteiger partial charge in [-0.1, -0.05) is 72.8 Å². The summed E-state index contributed by atoms with van der Waals surface area (Å²) in [6.45, 7) is 2.03. The molecule has 0 nitrogen and oxygen atoms in total. The zero-order chi connectivity index (χ0) is 26.4. The number of alkyl halides is 3. The van der Waals surface area contributed by atoms with Crippen molar-refractivity contribution in [2.75, 3.05) is 0 Å². The van der Waals surface area contributed by atoms with Crippen LogP contribution in [0.5, 0.6) is 0 Å². The van der Waals surface area contributed by atoms with Gasteiger partial charge in [-0.2, -0.15) is 13.2 Å². The number of hydrogen-bond acceptors (Lipinski definition) is 0. The van der Waals surface area contributed by atoms with Crippen LogP contribution in [0.3, 0.4) is 0 Å². The average molecular weight is 509 g/mol. The molecule has 192 valence electrons. The first-order chi connectivity index (χ1) is 17.7.